The molecule has 0 radical (unpaired) electrons. The summed E-state index contributed by atoms with van der Waals surface area (Å²) in [6.45, 7) is 2.34. The SMILES string of the molecule is CCn1c(=O)n(CC(=O)N[C@H](c2ccc(F)cc2)c2cccs2)c2ccccc21. The van der Waals surface area contributed by atoms with Crippen LogP contribution >= 0.6 is 11.3 Å². The minimum atomic E-state index is -0.404. The smallest absolute Gasteiger partial charge is 0.329 e. The minimum Gasteiger partial charge on any atom is -0.343 e. The van der Waals surface area contributed by atoms with E-state index >= 15 is 0 Å². The molecule has 29 heavy (non-hydrogen) atoms. The van der Waals surface area contributed by atoms with Gasteiger partial charge in [-0.3, -0.25) is 13.9 Å². The van der Waals surface area contributed by atoms with Gasteiger partial charge in [-0.15, -0.1) is 11.3 Å². The van der Waals surface area contributed by atoms with Gasteiger partial charge in [-0.1, -0.05) is 30.3 Å². The summed E-state index contributed by atoms with van der Waals surface area (Å²) in [5, 5.41) is 4.93. The summed E-state index contributed by atoms with van der Waals surface area (Å²) in [5.41, 5.74) is 2.11. The third-order valence-electron chi connectivity index (χ3n) is 4.88. The fraction of sp³-hybridized carbons (Fsp3) is 0.182. The summed E-state index contributed by atoms with van der Waals surface area (Å²) in [5.74, 6) is -0.613. The van der Waals surface area contributed by atoms with Gasteiger partial charge in [0, 0.05) is 11.4 Å². The summed E-state index contributed by atoms with van der Waals surface area (Å²) < 4.78 is 16.5. The number of fused-ring (bicyclic) bond motifs is 1. The molecule has 0 aliphatic rings. The Balaban J connectivity index is 1.64. The largest absolute Gasteiger partial charge is 0.343 e. The summed E-state index contributed by atoms with van der Waals surface area (Å²) in [7, 11) is 0. The fourth-order valence-corrected chi connectivity index (χ4v) is 4.31. The van der Waals surface area contributed by atoms with Crippen LogP contribution in [-0.2, 0) is 17.9 Å². The van der Waals surface area contributed by atoms with Crippen molar-refractivity contribution in [3.8, 4) is 0 Å². The summed E-state index contributed by atoms with van der Waals surface area (Å²) in [6.07, 6.45) is 0. The lowest BCUT2D eigenvalue weighted by Crippen LogP contribution is -2.35. The van der Waals surface area contributed by atoms with Crippen molar-refractivity contribution in [1.82, 2.24) is 14.5 Å². The van der Waals surface area contributed by atoms with Crippen LogP contribution in [0.4, 0.5) is 4.39 Å². The van der Waals surface area contributed by atoms with Crippen LogP contribution in [0.2, 0.25) is 0 Å². The molecule has 0 spiro atoms. The van der Waals surface area contributed by atoms with E-state index in [-0.39, 0.29) is 24.0 Å². The number of aryl methyl sites for hydroxylation is 1. The number of thiophene rings is 1. The van der Waals surface area contributed by atoms with Gasteiger partial charge in [0.05, 0.1) is 17.1 Å². The number of rotatable bonds is 6. The second kappa shape index (κ2) is 8.05. The molecule has 4 rings (SSSR count). The van der Waals surface area contributed by atoms with Crippen LogP contribution < -0.4 is 11.0 Å². The van der Waals surface area contributed by atoms with E-state index in [0.29, 0.717) is 6.54 Å². The highest BCUT2D eigenvalue weighted by atomic mass is 32.1. The van der Waals surface area contributed by atoms with Gasteiger partial charge in [0.1, 0.15) is 12.4 Å². The lowest BCUT2D eigenvalue weighted by atomic mass is 10.1. The van der Waals surface area contributed by atoms with Gasteiger partial charge in [-0.05, 0) is 48.2 Å². The quantitative estimate of drug-likeness (QED) is 0.525. The maximum absolute atomic E-state index is 13.3. The first kappa shape index (κ1) is 19.1. The Kier molecular flexibility index (Phi) is 5.31. The zero-order valence-corrected chi connectivity index (χ0v) is 16.7. The van der Waals surface area contributed by atoms with Gasteiger partial charge < -0.3 is 5.32 Å². The van der Waals surface area contributed by atoms with Crippen LogP contribution in [-0.4, -0.2) is 15.0 Å². The second-order valence-corrected chi connectivity index (χ2v) is 7.65. The highest BCUT2D eigenvalue weighted by molar-refractivity contribution is 7.10. The first-order valence-electron chi connectivity index (χ1n) is 9.34. The number of hydrogen-bond acceptors (Lipinski definition) is 3. The van der Waals surface area contributed by atoms with Crippen LogP contribution in [0.1, 0.15) is 23.4 Å². The summed E-state index contributed by atoms with van der Waals surface area (Å²) in [6, 6.07) is 16.9. The molecule has 0 fully saturated rings. The summed E-state index contributed by atoms with van der Waals surface area (Å²) in [4.78, 5) is 26.6. The second-order valence-electron chi connectivity index (χ2n) is 6.67. The van der Waals surface area contributed by atoms with Crippen molar-refractivity contribution in [2.24, 2.45) is 0 Å². The molecule has 4 aromatic rings. The number of imidazole rings is 1. The molecule has 0 saturated carbocycles. The molecule has 5 nitrogen and oxygen atoms in total. The zero-order chi connectivity index (χ0) is 20.4. The Morgan fingerprint density at radius 3 is 2.34 bits per heavy atom. The monoisotopic (exact) mass is 409 g/mol. The van der Waals surface area contributed by atoms with Crippen LogP contribution in [0, 0.1) is 5.82 Å². The van der Waals surface area contributed by atoms with Crippen molar-refractivity contribution < 1.29 is 9.18 Å². The number of carbonyl (C=O) groups is 1. The van der Waals surface area contributed by atoms with Gasteiger partial charge in [-0.25, -0.2) is 9.18 Å². The van der Waals surface area contributed by atoms with Crippen LogP contribution in [0.25, 0.3) is 11.0 Å². The van der Waals surface area contributed by atoms with Crippen LogP contribution in [0.15, 0.2) is 70.8 Å². The summed E-state index contributed by atoms with van der Waals surface area (Å²) >= 11 is 1.51. The zero-order valence-electron chi connectivity index (χ0n) is 15.8. The third kappa shape index (κ3) is 3.73. The lowest BCUT2D eigenvalue weighted by Gasteiger charge is -2.18. The number of para-hydroxylation sites is 2. The van der Waals surface area contributed by atoms with Gasteiger partial charge in [0.15, 0.2) is 0 Å². The van der Waals surface area contributed by atoms with Gasteiger partial charge in [-0.2, -0.15) is 0 Å². The standard InChI is InChI=1S/C22H20FN3O2S/c1-2-25-17-6-3-4-7-18(17)26(22(25)28)14-20(27)24-21(19-8-5-13-29-19)15-9-11-16(23)12-10-15/h3-13,21H,2,14H2,1H3,(H,24,27)/t21-/m1/s1. The van der Waals surface area contributed by atoms with Crippen molar-refractivity contribution in [2.75, 3.05) is 0 Å². The fourth-order valence-electron chi connectivity index (χ4n) is 3.51. The Labute approximate surface area is 171 Å². The van der Waals surface area contributed by atoms with Crippen LogP contribution in [0.5, 0.6) is 0 Å². The first-order chi connectivity index (χ1) is 14.1. The molecule has 1 atom stereocenters. The van der Waals surface area contributed by atoms with Crippen molar-refractivity contribution in [1.29, 1.82) is 0 Å². The lowest BCUT2D eigenvalue weighted by molar-refractivity contribution is -0.122. The number of aromatic nitrogens is 2. The van der Waals surface area contributed by atoms with E-state index in [1.807, 2.05) is 48.7 Å². The van der Waals surface area contributed by atoms with E-state index in [1.54, 1.807) is 16.7 Å². The molecular formula is C22H20FN3O2S. The van der Waals surface area contributed by atoms with Crippen LogP contribution in [0.3, 0.4) is 0 Å². The van der Waals surface area contributed by atoms with Crippen molar-refractivity contribution in [2.45, 2.75) is 26.1 Å². The van der Waals surface area contributed by atoms with E-state index in [4.69, 9.17) is 0 Å². The number of hydrogen-bond donors (Lipinski definition) is 1. The Hall–Kier alpha value is -3.19. The Bertz CT molecular complexity index is 1190. The number of benzene rings is 2. The molecule has 148 valence electrons. The van der Waals surface area contributed by atoms with E-state index in [2.05, 4.69) is 5.32 Å². The average Bonchev–Trinajstić information content (AvgIpc) is 3.34. The highest BCUT2D eigenvalue weighted by Crippen LogP contribution is 2.26. The number of nitrogens with zero attached hydrogens (tertiary/aromatic N) is 2. The van der Waals surface area contributed by atoms with E-state index in [1.165, 1.54) is 28.0 Å². The highest BCUT2D eigenvalue weighted by Gasteiger charge is 2.20. The van der Waals surface area contributed by atoms with E-state index in [0.717, 1.165) is 21.5 Å². The molecule has 0 unspecified atom stereocenters. The predicted octanol–water partition coefficient (Wildman–Crippen LogP) is 3.93. The Morgan fingerprint density at radius 1 is 1.03 bits per heavy atom. The molecule has 1 amide bonds. The average molecular weight is 409 g/mol. The van der Waals surface area contributed by atoms with Gasteiger partial charge in [0.2, 0.25) is 5.91 Å². The topological polar surface area (TPSA) is 56.0 Å². The molecule has 7 heteroatoms. The van der Waals surface area contributed by atoms with E-state index in [9.17, 15) is 14.0 Å². The minimum absolute atomic E-state index is 0.0879. The van der Waals surface area contributed by atoms with E-state index < -0.39 is 6.04 Å². The molecule has 2 aromatic carbocycles. The number of carbonyl (C=O) groups excluding carboxylic acids is 1. The number of halogens is 1. The third-order valence-corrected chi connectivity index (χ3v) is 5.82. The molecule has 0 aliphatic heterocycles. The predicted molar refractivity (Wildman–Crippen MR) is 113 cm³/mol. The van der Waals surface area contributed by atoms with Gasteiger partial charge >= 0.3 is 5.69 Å². The molecule has 2 heterocycles. The molecule has 1 N–H and O–H groups in total. The normalized spacial score (nSPS) is 12.2. The maximum Gasteiger partial charge on any atom is 0.329 e. The van der Waals surface area contributed by atoms with Gasteiger partial charge in [0.25, 0.3) is 0 Å². The maximum atomic E-state index is 13.3. The molecule has 0 aliphatic carbocycles. The van der Waals surface area contributed by atoms with Crippen molar-refractivity contribution >= 4 is 28.3 Å². The van der Waals surface area contributed by atoms with Crippen molar-refractivity contribution in [3.63, 3.8) is 0 Å². The molecule has 0 saturated heterocycles. The first-order valence-corrected chi connectivity index (χ1v) is 10.2. The molecule has 2 aromatic heterocycles. The number of nitrogens with one attached hydrogen (secondary N) is 1. The number of amides is 1. The van der Waals surface area contributed by atoms with Crippen molar-refractivity contribution in [3.05, 3.63) is 92.8 Å². The molecule has 0 bridgehead atoms. The Morgan fingerprint density at radius 2 is 1.72 bits per heavy atom. The molecular weight excluding hydrogens is 389 g/mol.